The van der Waals surface area contributed by atoms with Gasteiger partial charge in [-0.2, -0.15) is 13.2 Å². The van der Waals surface area contributed by atoms with Crippen molar-refractivity contribution >= 4 is 23.4 Å². The minimum atomic E-state index is -5.08. The molecule has 2 heterocycles. The van der Waals surface area contributed by atoms with Gasteiger partial charge in [-0.15, -0.1) is 5.10 Å². The van der Waals surface area contributed by atoms with E-state index in [0.29, 0.717) is 5.56 Å². The van der Waals surface area contributed by atoms with Gasteiger partial charge in [-0.05, 0) is 42.2 Å². The first kappa shape index (κ1) is 24.3. The van der Waals surface area contributed by atoms with Gasteiger partial charge < -0.3 is 15.3 Å². The molecule has 1 aliphatic heterocycles. The number of carboxylic acid groups (broad SMARTS) is 1. The molecule has 1 atom stereocenters. The lowest BCUT2D eigenvalue weighted by Gasteiger charge is -2.30. The van der Waals surface area contributed by atoms with Crippen LogP contribution >= 0.6 is 11.5 Å². The van der Waals surface area contributed by atoms with E-state index in [-0.39, 0.29) is 11.9 Å². The summed E-state index contributed by atoms with van der Waals surface area (Å²) in [4.78, 5) is 24.1. The van der Waals surface area contributed by atoms with Crippen molar-refractivity contribution < 1.29 is 27.9 Å². The molecule has 7 nitrogen and oxygen atoms in total. The van der Waals surface area contributed by atoms with E-state index in [2.05, 4.69) is 27.0 Å². The van der Waals surface area contributed by atoms with Crippen LogP contribution in [0.3, 0.4) is 0 Å². The van der Waals surface area contributed by atoms with E-state index in [4.69, 9.17) is 9.90 Å². The van der Waals surface area contributed by atoms with Gasteiger partial charge in [0, 0.05) is 29.6 Å². The summed E-state index contributed by atoms with van der Waals surface area (Å²) in [5.74, 6) is -2.68. The summed E-state index contributed by atoms with van der Waals surface area (Å²) in [5, 5.41) is 16.6. The SMILES string of the molecule is O=C(O)C(F)(F)F.O=C(c1ccc(-c2csnn2)cc1)N1CCCNCC1c1ccccc1. The van der Waals surface area contributed by atoms with E-state index in [9.17, 15) is 18.0 Å². The summed E-state index contributed by atoms with van der Waals surface area (Å²) in [7, 11) is 0. The zero-order valence-corrected chi connectivity index (χ0v) is 18.1. The summed E-state index contributed by atoms with van der Waals surface area (Å²) >= 11 is 1.32. The Balaban J connectivity index is 0.000000383. The van der Waals surface area contributed by atoms with E-state index >= 15 is 0 Å². The van der Waals surface area contributed by atoms with Gasteiger partial charge in [0.1, 0.15) is 5.69 Å². The highest BCUT2D eigenvalue weighted by molar-refractivity contribution is 7.03. The van der Waals surface area contributed by atoms with Crippen molar-refractivity contribution in [2.75, 3.05) is 19.6 Å². The lowest BCUT2D eigenvalue weighted by Crippen LogP contribution is -2.37. The van der Waals surface area contributed by atoms with Gasteiger partial charge in [-0.3, -0.25) is 4.79 Å². The second-order valence-electron chi connectivity index (χ2n) is 7.15. The first-order valence-corrected chi connectivity index (χ1v) is 10.9. The number of nitrogens with zero attached hydrogens (tertiary/aromatic N) is 3. The van der Waals surface area contributed by atoms with Gasteiger partial charge in [0.25, 0.3) is 5.91 Å². The molecule has 174 valence electrons. The quantitative estimate of drug-likeness (QED) is 0.591. The molecule has 2 N–H and O–H groups in total. The van der Waals surface area contributed by atoms with Crippen LogP contribution in [0, 0.1) is 0 Å². The predicted octanol–water partition coefficient (Wildman–Crippen LogP) is 4.02. The fourth-order valence-corrected chi connectivity index (χ4v) is 3.80. The van der Waals surface area contributed by atoms with Gasteiger partial charge in [0.15, 0.2) is 0 Å². The zero-order chi connectivity index (χ0) is 23.8. The molecule has 0 bridgehead atoms. The second-order valence-corrected chi connectivity index (χ2v) is 7.76. The van der Waals surface area contributed by atoms with Crippen LogP contribution in [0.15, 0.2) is 60.0 Å². The molecule has 1 saturated heterocycles. The number of carbonyl (C=O) groups excluding carboxylic acids is 1. The molecule has 1 fully saturated rings. The maximum atomic E-state index is 13.2. The van der Waals surface area contributed by atoms with Gasteiger partial charge in [-0.25, -0.2) is 4.79 Å². The Kier molecular flexibility index (Phi) is 8.12. The Morgan fingerprint density at radius 3 is 2.33 bits per heavy atom. The molecule has 0 aliphatic carbocycles. The molecule has 4 rings (SSSR count). The first-order chi connectivity index (χ1) is 15.8. The number of benzene rings is 2. The molecule has 2 aromatic carbocycles. The lowest BCUT2D eigenvalue weighted by atomic mass is 10.0. The zero-order valence-electron chi connectivity index (χ0n) is 17.3. The summed E-state index contributed by atoms with van der Waals surface area (Å²) in [5.41, 5.74) is 3.70. The standard InChI is InChI=1S/C20H20N4OS.C2HF3O2/c25-20(17-9-7-15(8-10-17)18-14-26-23-22-18)24-12-4-11-21-13-19(24)16-5-2-1-3-6-16;3-2(4,5)1(6)7/h1-3,5-10,14,19,21H,4,11-13H2;(H,6,7). The largest absolute Gasteiger partial charge is 0.490 e. The number of aliphatic carboxylic acids is 1. The number of amides is 1. The normalized spacial score (nSPS) is 16.3. The molecule has 11 heteroatoms. The van der Waals surface area contributed by atoms with Crippen molar-refractivity contribution in [3.63, 3.8) is 0 Å². The van der Waals surface area contributed by atoms with Crippen LogP contribution in [-0.2, 0) is 4.79 Å². The fraction of sp³-hybridized carbons (Fsp3) is 0.273. The van der Waals surface area contributed by atoms with Crippen molar-refractivity contribution in [2.24, 2.45) is 0 Å². The van der Waals surface area contributed by atoms with Crippen molar-refractivity contribution in [1.82, 2.24) is 19.8 Å². The second kappa shape index (κ2) is 11.0. The maximum Gasteiger partial charge on any atom is 0.490 e. The Labute approximate surface area is 192 Å². The number of rotatable bonds is 3. The minimum absolute atomic E-state index is 0.0496. The Morgan fingerprint density at radius 2 is 1.76 bits per heavy atom. The van der Waals surface area contributed by atoms with Crippen molar-refractivity contribution in [1.29, 1.82) is 0 Å². The molecule has 33 heavy (non-hydrogen) atoms. The monoisotopic (exact) mass is 478 g/mol. The van der Waals surface area contributed by atoms with E-state index in [1.165, 1.54) is 17.1 Å². The summed E-state index contributed by atoms with van der Waals surface area (Å²) in [6, 6.07) is 18.0. The van der Waals surface area contributed by atoms with Crippen LogP contribution < -0.4 is 5.32 Å². The molecule has 0 saturated carbocycles. The topological polar surface area (TPSA) is 95.4 Å². The third-order valence-electron chi connectivity index (χ3n) is 4.94. The molecule has 1 aromatic heterocycles. The number of hydrogen-bond donors (Lipinski definition) is 2. The summed E-state index contributed by atoms with van der Waals surface area (Å²) in [6.45, 7) is 2.46. The molecule has 0 spiro atoms. The average Bonchev–Trinajstić information content (AvgIpc) is 3.24. The first-order valence-electron chi connectivity index (χ1n) is 10.0. The Bertz CT molecular complexity index is 1050. The van der Waals surface area contributed by atoms with Crippen LogP contribution in [0.4, 0.5) is 13.2 Å². The van der Waals surface area contributed by atoms with Crippen LogP contribution in [0.1, 0.15) is 28.4 Å². The molecule has 0 radical (unpaired) electrons. The van der Waals surface area contributed by atoms with Gasteiger partial charge >= 0.3 is 12.1 Å². The van der Waals surface area contributed by atoms with E-state index < -0.39 is 12.1 Å². The molecule has 1 unspecified atom stereocenters. The number of hydrogen-bond acceptors (Lipinski definition) is 6. The molecule has 1 amide bonds. The Hall–Kier alpha value is -3.31. The van der Waals surface area contributed by atoms with Gasteiger partial charge in [0.05, 0.1) is 6.04 Å². The van der Waals surface area contributed by atoms with Crippen LogP contribution in [-0.4, -0.2) is 57.3 Å². The highest BCUT2D eigenvalue weighted by Crippen LogP contribution is 2.25. The summed E-state index contributed by atoms with van der Waals surface area (Å²) in [6.07, 6.45) is -4.13. The highest BCUT2D eigenvalue weighted by atomic mass is 32.1. The number of carbonyl (C=O) groups is 2. The number of aromatic nitrogens is 2. The number of nitrogens with one attached hydrogen (secondary N) is 1. The van der Waals surface area contributed by atoms with E-state index in [1.807, 2.05) is 52.7 Å². The lowest BCUT2D eigenvalue weighted by molar-refractivity contribution is -0.192. The van der Waals surface area contributed by atoms with Crippen LogP contribution in [0.2, 0.25) is 0 Å². The average molecular weight is 478 g/mol. The van der Waals surface area contributed by atoms with E-state index in [1.54, 1.807) is 0 Å². The van der Waals surface area contributed by atoms with E-state index in [0.717, 1.165) is 37.3 Å². The molecular formula is C22H21F3N4O3S. The molecule has 1 aliphatic rings. The number of alkyl halides is 3. The Morgan fingerprint density at radius 1 is 1.09 bits per heavy atom. The number of carboxylic acids is 1. The third-order valence-corrected chi connectivity index (χ3v) is 5.45. The smallest absolute Gasteiger partial charge is 0.475 e. The number of halogens is 3. The van der Waals surface area contributed by atoms with Crippen molar-refractivity contribution in [3.05, 3.63) is 71.1 Å². The minimum Gasteiger partial charge on any atom is -0.475 e. The predicted molar refractivity (Wildman–Crippen MR) is 117 cm³/mol. The van der Waals surface area contributed by atoms with Crippen molar-refractivity contribution in [2.45, 2.75) is 18.6 Å². The highest BCUT2D eigenvalue weighted by Gasteiger charge is 2.38. The van der Waals surface area contributed by atoms with Crippen LogP contribution in [0.5, 0.6) is 0 Å². The molecular weight excluding hydrogens is 457 g/mol. The fourth-order valence-electron chi connectivity index (χ4n) is 3.34. The van der Waals surface area contributed by atoms with Gasteiger partial charge in [0.2, 0.25) is 0 Å². The molecule has 3 aromatic rings. The maximum absolute atomic E-state index is 13.2. The third kappa shape index (κ3) is 6.59. The van der Waals surface area contributed by atoms with Gasteiger partial charge in [-0.1, -0.05) is 47.0 Å². The summed E-state index contributed by atoms with van der Waals surface area (Å²) < 4.78 is 35.6. The van der Waals surface area contributed by atoms with Crippen LogP contribution in [0.25, 0.3) is 11.3 Å². The van der Waals surface area contributed by atoms with Crippen molar-refractivity contribution in [3.8, 4) is 11.3 Å².